The molecule has 0 fully saturated rings. The second kappa shape index (κ2) is 7.78. The fourth-order valence-electron chi connectivity index (χ4n) is 1.82. The molecule has 112 valence electrons. The van der Waals surface area contributed by atoms with Crippen LogP contribution < -0.4 is 10.1 Å². The number of aromatic nitrogens is 1. The van der Waals surface area contributed by atoms with E-state index in [0.717, 1.165) is 22.9 Å². The van der Waals surface area contributed by atoms with E-state index in [1.807, 2.05) is 37.3 Å². The highest BCUT2D eigenvalue weighted by molar-refractivity contribution is 7.11. The molecule has 1 N–H and O–H groups in total. The molecule has 0 atom stereocenters. The summed E-state index contributed by atoms with van der Waals surface area (Å²) >= 11 is 1.69. The van der Waals surface area contributed by atoms with Crippen LogP contribution in [0.2, 0.25) is 0 Å². The van der Waals surface area contributed by atoms with Crippen molar-refractivity contribution in [2.75, 3.05) is 13.2 Å². The summed E-state index contributed by atoms with van der Waals surface area (Å²) in [5, 5.41) is 3.97. The standard InChI is InChI=1S/C16H20N2O2S/c1-12-13(2)21-16(18-12)8-10-17-15(19)9-11-20-14-6-4-3-5-7-14/h3-7H,8-11H2,1-2H3,(H,17,19). The van der Waals surface area contributed by atoms with E-state index in [9.17, 15) is 4.79 Å². The number of carbonyl (C=O) groups excluding carboxylic acids is 1. The topological polar surface area (TPSA) is 51.2 Å². The molecule has 0 aliphatic carbocycles. The molecule has 0 aliphatic heterocycles. The zero-order valence-electron chi connectivity index (χ0n) is 12.4. The first kappa shape index (κ1) is 15.5. The third kappa shape index (κ3) is 5.19. The molecule has 1 amide bonds. The number of para-hydroxylation sites is 1. The number of nitrogens with one attached hydrogen (secondary N) is 1. The summed E-state index contributed by atoms with van der Waals surface area (Å²) in [6, 6.07) is 9.51. The first-order valence-corrected chi connectivity index (χ1v) is 7.84. The van der Waals surface area contributed by atoms with Gasteiger partial charge in [0.25, 0.3) is 0 Å². The van der Waals surface area contributed by atoms with Crippen molar-refractivity contribution in [1.82, 2.24) is 10.3 Å². The van der Waals surface area contributed by atoms with E-state index < -0.39 is 0 Å². The van der Waals surface area contributed by atoms with Gasteiger partial charge in [-0.15, -0.1) is 11.3 Å². The zero-order valence-corrected chi connectivity index (χ0v) is 13.2. The lowest BCUT2D eigenvalue weighted by Gasteiger charge is -2.06. The minimum Gasteiger partial charge on any atom is -0.493 e. The first-order chi connectivity index (χ1) is 10.1. The summed E-state index contributed by atoms with van der Waals surface area (Å²) < 4.78 is 5.49. The van der Waals surface area contributed by atoms with Crippen LogP contribution in [0.1, 0.15) is 22.0 Å². The van der Waals surface area contributed by atoms with E-state index in [4.69, 9.17) is 4.74 Å². The fourth-order valence-corrected chi connectivity index (χ4v) is 2.76. The highest BCUT2D eigenvalue weighted by atomic mass is 32.1. The van der Waals surface area contributed by atoms with Crippen molar-refractivity contribution in [3.05, 3.63) is 45.9 Å². The molecule has 21 heavy (non-hydrogen) atoms. The fraction of sp³-hybridized carbons (Fsp3) is 0.375. The minimum absolute atomic E-state index is 0.0101. The lowest BCUT2D eigenvalue weighted by Crippen LogP contribution is -2.27. The summed E-state index contributed by atoms with van der Waals surface area (Å²) in [6.07, 6.45) is 1.15. The van der Waals surface area contributed by atoms with Crippen LogP contribution in [0.25, 0.3) is 0 Å². The molecular formula is C16H20N2O2S. The quantitative estimate of drug-likeness (QED) is 0.855. The van der Waals surface area contributed by atoms with Gasteiger partial charge in [-0.2, -0.15) is 0 Å². The van der Waals surface area contributed by atoms with Gasteiger partial charge in [0.15, 0.2) is 0 Å². The number of thiazole rings is 1. The number of amides is 1. The highest BCUT2D eigenvalue weighted by Gasteiger charge is 2.05. The summed E-state index contributed by atoms with van der Waals surface area (Å²) in [4.78, 5) is 17.4. The molecule has 1 heterocycles. The van der Waals surface area contributed by atoms with E-state index in [1.54, 1.807) is 11.3 Å². The third-order valence-electron chi connectivity index (χ3n) is 3.07. The minimum atomic E-state index is 0.0101. The monoisotopic (exact) mass is 304 g/mol. The first-order valence-electron chi connectivity index (χ1n) is 7.02. The van der Waals surface area contributed by atoms with Crippen LogP contribution in [0, 0.1) is 13.8 Å². The average molecular weight is 304 g/mol. The van der Waals surface area contributed by atoms with Crippen LogP contribution in [0.5, 0.6) is 5.75 Å². The Hall–Kier alpha value is -1.88. The van der Waals surface area contributed by atoms with Crippen molar-refractivity contribution in [3.63, 3.8) is 0 Å². The van der Waals surface area contributed by atoms with Crippen molar-refractivity contribution < 1.29 is 9.53 Å². The van der Waals surface area contributed by atoms with Crippen LogP contribution >= 0.6 is 11.3 Å². The average Bonchev–Trinajstić information content (AvgIpc) is 2.79. The maximum atomic E-state index is 11.7. The number of hydrogen-bond donors (Lipinski definition) is 1. The van der Waals surface area contributed by atoms with Crippen molar-refractivity contribution in [2.45, 2.75) is 26.7 Å². The second-order valence-corrected chi connectivity index (χ2v) is 6.05. The molecule has 1 aromatic heterocycles. The molecule has 0 saturated carbocycles. The highest BCUT2D eigenvalue weighted by Crippen LogP contribution is 2.16. The van der Waals surface area contributed by atoms with Crippen molar-refractivity contribution in [3.8, 4) is 5.75 Å². The Kier molecular flexibility index (Phi) is 5.75. The van der Waals surface area contributed by atoms with Crippen molar-refractivity contribution in [2.24, 2.45) is 0 Å². The number of nitrogens with zero attached hydrogens (tertiary/aromatic N) is 1. The number of aryl methyl sites for hydroxylation is 2. The maximum Gasteiger partial charge on any atom is 0.223 e. The number of ether oxygens (including phenoxy) is 1. The Bertz CT molecular complexity index is 562. The van der Waals surface area contributed by atoms with Crippen LogP contribution in [-0.2, 0) is 11.2 Å². The molecule has 0 spiro atoms. The van der Waals surface area contributed by atoms with Gasteiger partial charge in [0.1, 0.15) is 5.75 Å². The maximum absolute atomic E-state index is 11.7. The summed E-state index contributed by atoms with van der Waals surface area (Å²) in [5.74, 6) is 0.801. The number of rotatable bonds is 7. The van der Waals surface area contributed by atoms with Crippen LogP contribution in [-0.4, -0.2) is 24.0 Å². The third-order valence-corrected chi connectivity index (χ3v) is 4.21. The molecular weight excluding hydrogens is 284 g/mol. The lowest BCUT2D eigenvalue weighted by atomic mass is 10.3. The number of benzene rings is 1. The zero-order chi connectivity index (χ0) is 15.1. The van der Waals surface area contributed by atoms with Crippen molar-refractivity contribution >= 4 is 17.2 Å². The van der Waals surface area contributed by atoms with Crippen LogP contribution in [0.15, 0.2) is 30.3 Å². The second-order valence-electron chi connectivity index (χ2n) is 4.76. The van der Waals surface area contributed by atoms with Crippen LogP contribution in [0.3, 0.4) is 0 Å². The Balaban J connectivity index is 1.61. The van der Waals surface area contributed by atoms with Gasteiger partial charge < -0.3 is 10.1 Å². The molecule has 0 saturated heterocycles. The van der Waals surface area contributed by atoms with E-state index >= 15 is 0 Å². The normalized spacial score (nSPS) is 10.4. The molecule has 0 bridgehead atoms. The molecule has 4 nitrogen and oxygen atoms in total. The van der Waals surface area contributed by atoms with Gasteiger partial charge in [-0.05, 0) is 26.0 Å². The number of carbonyl (C=O) groups is 1. The summed E-state index contributed by atoms with van der Waals surface area (Å²) in [6.45, 7) is 5.09. The van der Waals surface area contributed by atoms with Gasteiger partial charge in [0, 0.05) is 17.8 Å². The van der Waals surface area contributed by atoms with Gasteiger partial charge in [0.2, 0.25) is 5.91 Å². The van der Waals surface area contributed by atoms with E-state index in [1.165, 1.54) is 4.88 Å². The van der Waals surface area contributed by atoms with Gasteiger partial charge >= 0.3 is 0 Å². The molecule has 2 rings (SSSR count). The smallest absolute Gasteiger partial charge is 0.223 e. The molecule has 0 aliphatic rings. The van der Waals surface area contributed by atoms with Gasteiger partial charge in [-0.3, -0.25) is 4.79 Å². The van der Waals surface area contributed by atoms with E-state index in [0.29, 0.717) is 19.6 Å². The van der Waals surface area contributed by atoms with Gasteiger partial charge in [-0.25, -0.2) is 4.98 Å². The van der Waals surface area contributed by atoms with Gasteiger partial charge in [0.05, 0.1) is 23.7 Å². The molecule has 0 unspecified atom stereocenters. The van der Waals surface area contributed by atoms with Gasteiger partial charge in [-0.1, -0.05) is 18.2 Å². The largest absolute Gasteiger partial charge is 0.493 e. The predicted molar refractivity (Wildman–Crippen MR) is 84.9 cm³/mol. The summed E-state index contributed by atoms with van der Waals surface area (Å²) in [7, 11) is 0. The molecule has 2 aromatic rings. The van der Waals surface area contributed by atoms with E-state index in [-0.39, 0.29) is 5.91 Å². The SMILES string of the molecule is Cc1nc(CCNC(=O)CCOc2ccccc2)sc1C. The Morgan fingerprint density at radius 3 is 2.71 bits per heavy atom. The Morgan fingerprint density at radius 1 is 1.29 bits per heavy atom. The summed E-state index contributed by atoms with van der Waals surface area (Å²) in [5.41, 5.74) is 1.08. The Morgan fingerprint density at radius 2 is 2.05 bits per heavy atom. The number of hydrogen-bond acceptors (Lipinski definition) is 4. The Labute approximate surface area is 129 Å². The van der Waals surface area contributed by atoms with Crippen LogP contribution in [0.4, 0.5) is 0 Å². The predicted octanol–water partition coefficient (Wildman–Crippen LogP) is 2.89. The molecule has 1 aromatic carbocycles. The molecule has 5 heteroatoms. The van der Waals surface area contributed by atoms with Crippen molar-refractivity contribution in [1.29, 1.82) is 0 Å². The lowest BCUT2D eigenvalue weighted by molar-refractivity contribution is -0.121. The molecule has 0 radical (unpaired) electrons. The van der Waals surface area contributed by atoms with E-state index in [2.05, 4.69) is 17.2 Å².